The van der Waals surface area contributed by atoms with Gasteiger partial charge in [0.25, 0.3) is 5.56 Å². The van der Waals surface area contributed by atoms with E-state index in [0.29, 0.717) is 25.2 Å². The summed E-state index contributed by atoms with van der Waals surface area (Å²) in [4.78, 5) is 18.6. The minimum atomic E-state index is -0.125. The van der Waals surface area contributed by atoms with Crippen molar-refractivity contribution in [2.24, 2.45) is 0 Å². The van der Waals surface area contributed by atoms with Gasteiger partial charge in [0.15, 0.2) is 5.82 Å². The van der Waals surface area contributed by atoms with Gasteiger partial charge in [0.2, 0.25) is 0 Å². The molecule has 5 rings (SSSR count). The molecule has 0 aliphatic heterocycles. The predicted octanol–water partition coefficient (Wildman–Crippen LogP) is 5.02. The Kier molecular flexibility index (Phi) is 7.65. The molecule has 3 heterocycles. The van der Waals surface area contributed by atoms with Gasteiger partial charge in [-0.15, -0.1) is 5.10 Å². The molecule has 9 heteroatoms. The zero-order valence-electron chi connectivity index (χ0n) is 21.9. The second-order valence-corrected chi connectivity index (χ2v) is 9.49. The first kappa shape index (κ1) is 25.4. The Hall–Kier alpha value is -4.24. The van der Waals surface area contributed by atoms with Crippen LogP contribution in [0.4, 0.5) is 0 Å². The molecular formula is C29H32N6O3. The molecule has 0 spiro atoms. The molecule has 0 unspecified atom stereocenters. The van der Waals surface area contributed by atoms with Crippen LogP contribution >= 0.6 is 0 Å². The maximum Gasteiger partial charge on any atom is 0.252 e. The number of fused-ring (bicyclic) bond motifs is 1. The van der Waals surface area contributed by atoms with Crippen LogP contribution in [-0.4, -0.2) is 37.2 Å². The lowest BCUT2D eigenvalue weighted by Crippen LogP contribution is -2.32. The summed E-state index contributed by atoms with van der Waals surface area (Å²) in [6.07, 6.45) is 3.39. The van der Waals surface area contributed by atoms with Crippen LogP contribution in [0.15, 0.2) is 76.1 Å². The highest BCUT2D eigenvalue weighted by molar-refractivity contribution is 5.81. The van der Waals surface area contributed by atoms with Crippen molar-refractivity contribution >= 4 is 10.9 Å². The molecule has 196 valence electrons. The topological polar surface area (TPSA) is 102 Å². The summed E-state index contributed by atoms with van der Waals surface area (Å²) >= 11 is 0. The van der Waals surface area contributed by atoms with Crippen LogP contribution in [0.5, 0.6) is 5.75 Å². The van der Waals surface area contributed by atoms with Crippen LogP contribution in [-0.2, 0) is 19.6 Å². The van der Waals surface area contributed by atoms with Crippen molar-refractivity contribution in [2.75, 3.05) is 7.11 Å². The molecule has 0 aliphatic carbocycles. The van der Waals surface area contributed by atoms with Crippen molar-refractivity contribution in [1.82, 2.24) is 30.1 Å². The van der Waals surface area contributed by atoms with E-state index in [4.69, 9.17) is 9.15 Å². The first-order chi connectivity index (χ1) is 18.6. The van der Waals surface area contributed by atoms with Crippen molar-refractivity contribution in [2.45, 2.75) is 52.4 Å². The fourth-order valence-electron chi connectivity index (χ4n) is 4.87. The number of furan rings is 1. The van der Waals surface area contributed by atoms with Gasteiger partial charge in [0.05, 0.1) is 24.9 Å². The highest BCUT2D eigenvalue weighted by atomic mass is 16.5. The average Bonchev–Trinajstić information content (AvgIpc) is 3.61. The maximum atomic E-state index is 13.2. The van der Waals surface area contributed by atoms with Crippen molar-refractivity contribution in [3.63, 3.8) is 0 Å². The second kappa shape index (κ2) is 11.4. The highest BCUT2D eigenvalue weighted by Crippen LogP contribution is 2.29. The number of aromatic amines is 1. The largest absolute Gasteiger partial charge is 0.497 e. The summed E-state index contributed by atoms with van der Waals surface area (Å²) in [5, 5.41) is 13.7. The van der Waals surface area contributed by atoms with E-state index in [0.717, 1.165) is 52.2 Å². The number of rotatable bonds is 11. The highest BCUT2D eigenvalue weighted by Gasteiger charge is 2.27. The number of nitrogens with zero attached hydrogens (tertiary/aromatic N) is 5. The predicted molar refractivity (Wildman–Crippen MR) is 145 cm³/mol. The number of benzene rings is 2. The second-order valence-electron chi connectivity index (χ2n) is 9.49. The van der Waals surface area contributed by atoms with Crippen LogP contribution in [0.2, 0.25) is 0 Å². The minimum absolute atomic E-state index is 0.0862. The summed E-state index contributed by atoms with van der Waals surface area (Å²) < 4.78 is 12.7. The van der Waals surface area contributed by atoms with Crippen molar-refractivity contribution in [3.05, 3.63) is 106 Å². The lowest BCUT2D eigenvalue weighted by Gasteiger charge is -2.31. The number of hydrogen-bond acceptors (Lipinski definition) is 7. The quantitative estimate of drug-likeness (QED) is 0.265. The molecule has 9 nitrogen and oxygen atoms in total. The van der Waals surface area contributed by atoms with Gasteiger partial charge in [-0.2, -0.15) is 0 Å². The number of aromatic nitrogens is 5. The lowest BCUT2D eigenvalue weighted by atomic mass is 10.0. The monoisotopic (exact) mass is 512 g/mol. The van der Waals surface area contributed by atoms with Gasteiger partial charge in [0, 0.05) is 18.7 Å². The number of hydrogen-bond donors (Lipinski definition) is 1. The third kappa shape index (κ3) is 5.52. The zero-order chi connectivity index (χ0) is 26.5. The Morgan fingerprint density at radius 3 is 2.68 bits per heavy atom. The normalized spacial score (nSPS) is 12.3. The summed E-state index contributed by atoms with van der Waals surface area (Å²) in [6, 6.07) is 19.7. The van der Waals surface area contributed by atoms with Gasteiger partial charge in [-0.1, -0.05) is 43.7 Å². The Morgan fingerprint density at radius 2 is 1.95 bits per heavy atom. The van der Waals surface area contributed by atoms with Crippen LogP contribution in [0, 0.1) is 6.92 Å². The van der Waals surface area contributed by atoms with E-state index in [9.17, 15) is 4.79 Å². The molecule has 0 saturated heterocycles. The number of para-hydroxylation sites is 1. The van der Waals surface area contributed by atoms with Gasteiger partial charge >= 0.3 is 0 Å². The number of ether oxygens (including phenoxy) is 1. The molecule has 0 radical (unpaired) electrons. The van der Waals surface area contributed by atoms with E-state index < -0.39 is 0 Å². The first-order valence-corrected chi connectivity index (χ1v) is 12.8. The Bertz CT molecular complexity index is 1540. The molecule has 3 aromatic heterocycles. The number of aryl methyl sites for hydroxylation is 1. The van der Waals surface area contributed by atoms with Crippen LogP contribution in [0.1, 0.15) is 54.1 Å². The van der Waals surface area contributed by atoms with Gasteiger partial charge in [0.1, 0.15) is 18.1 Å². The number of pyridine rings is 1. The van der Waals surface area contributed by atoms with Crippen LogP contribution in [0.25, 0.3) is 10.9 Å². The molecular weight excluding hydrogens is 480 g/mol. The van der Waals surface area contributed by atoms with Gasteiger partial charge in [-0.05, 0) is 70.6 Å². The van der Waals surface area contributed by atoms with E-state index in [1.54, 1.807) is 18.1 Å². The SMILES string of the molecule is CCC[C@H](c1nnnn1Cc1ccco1)N(Cc1ccc(OC)cc1)Cc1cc2cccc(C)c2[nH]c1=O. The Balaban J connectivity index is 1.54. The van der Waals surface area contributed by atoms with Crippen molar-refractivity contribution < 1.29 is 9.15 Å². The standard InChI is InChI=1S/C29H32N6O3/c1-4-7-26(28-31-32-33-35(28)19-25-10-6-15-38-25)34(17-21-11-13-24(37-3)14-12-21)18-23-16-22-9-5-8-20(2)27(22)30-29(23)36/h5-6,8-16,26H,4,7,17-19H2,1-3H3,(H,30,36)/t26-/m1/s1. The lowest BCUT2D eigenvalue weighted by molar-refractivity contribution is 0.155. The zero-order valence-corrected chi connectivity index (χ0v) is 21.9. The fourth-order valence-corrected chi connectivity index (χ4v) is 4.87. The number of nitrogens with one attached hydrogen (secondary N) is 1. The molecule has 1 atom stereocenters. The molecule has 5 aromatic rings. The van der Waals surface area contributed by atoms with Gasteiger partial charge in [-0.25, -0.2) is 4.68 Å². The molecule has 0 fully saturated rings. The molecule has 0 bridgehead atoms. The number of tetrazole rings is 1. The summed E-state index contributed by atoms with van der Waals surface area (Å²) in [7, 11) is 1.66. The molecule has 0 saturated carbocycles. The smallest absolute Gasteiger partial charge is 0.252 e. The van der Waals surface area contributed by atoms with Gasteiger partial charge < -0.3 is 14.1 Å². The van der Waals surface area contributed by atoms with E-state index in [1.807, 2.05) is 55.5 Å². The molecule has 38 heavy (non-hydrogen) atoms. The van der Waals surface area contributed by atoms with Gasteiger partial charge in [-0.3, -0.25) is 9.69 Å². The maximum absolute atomic E-state index is 13.2. The summed E-state index contributed by atoms with van der Waals surface area (Å²) in [5.41, 5.74) is 3.63. The van der Waals surface area contributed by atoms with Crippen LogP contribution in [0.3, 0.4) is 0 Å². The minimum Gasteiger partial charge on any atom is -0.497 e. The molecule has 0 aliphatic rings. The molecule has 0 amide bonds. The van der Waals surface area contributed by atoms with E-state index in [1.165, 1.54) is 0 Å². The average molecular weight is 513 g/mol. The third-order valence-corrected chi connectivity index (χ3v) is 6.83. The Morgan fingerprint density at radius 1 is 1.11 bits per heavy atom. The number of methoxy groups -OCH3 is 1. The van der Waals surface area contributed by atoms with Crippen LogP contribution < -0.4 is 10.3 Å². The Labute approximate surface area is 221 Å². The van der Waals surface area contributed by atoms with E-state index in [2.05, 4.69) is 44.5 Å². The fraction of sp³-hybridized carbons (Fsp3) is 0.310. The summed E-state index contributed by atoms with van der Waals surface area (Å²) in [6.45, 7) is 5.62. The molecule has 1 N–H and O–H groups in total. The first-order valence-electron chi connectivity index (χ1n) is 12.8. The van der Waals surface area contributed by atoms with E-state index in [-0.39, 0.29) is 11.6 Å². The number of H-pyrrole nitrogens is 1. The third-order valence-electron chi connectivity index (χ3n) is 6.83. The van der Waals surface area contributed by atoms with Crippen molar-refractivity contribution in [3.8, 4) is 5.75 Å². The summed E-state index contributed by atoms with van der Waals surface area (Å²) in [5.74, 6) is 2.32. The van der Waals surface area contributed by atoms with E-state index >= 15 is 0 Å². The molecule has 2 aromatic carbocycles. The van der Waals surface area contributed by atoms with Crippen molar-refractivity contribution in [1.29, 1.82) is 0 Å².